The first kappa shape index (κ1) is 15.4. The van der Waals surface area contributed by atoms with E-state index >= 15 is 0 Å². The lowest BCUT2D eigenvalue weighted by Crippen LogP contribution is -2.39. The molecule has 1 aromatic carbocycles. The highest BCUT2D eigenvalue weighted by Crippen LogP contribution is 2.36. The van der Waals surface area contributed by atoms with Gasteiger partial charge in [-0.2, -0.15) is 18.4 Å². The molecule has 0 aliphatic carbocycles. The van der Waals surface area contributed by atoms with Crippen molar-refractivity contribution >= 4 is 11.5 Å². The van der Waals surface area contributed by atoms with Gasteiger partial charge in [0.2, 0.25) is 0 Å². The van der Waals surface area contributed by atoms with Gasteiger partial charge in [0.05, 0.1) is 17.6 Å². The van der Waals surface area contributed by atoms with Gasteiger partial charge in [-0.15, -0.1) is 0 Å². The molecule has 1 saturated heterocycles. The molecule has 3 nitrogen and oxygen atoms in total. The number of nitriles is 1. The van der Waals surface area contributed by atoms with Crippen LogP contribution in [0.3, 0.4) is 0 Å². The maximum Gasteiger partial charge on any atom is 0.391 e. The van der Waals surface area contributed by atoms with Gasteiger partial charge < -0.3 is 4.90 Å². The highest BCUT2D eigenvalue weighted by molar-refractivity contribution is 6.00. The number of alkyl halides is 3. The minimum Gasteiger partial charge on any atom is -0.371 e. The molecule has 2 rings (SSSR count). The molecule has 0 amide bonds. The molecule has 0 saturated carbocycles. The SMILES string of the molecule is CC(=O)c1ccc(C#N)cc1N1CCC(C(F)(F)F)CC1. The fraction of sp³-hybridized carbons (Fsp3) is 0.467. The van der Waals surface area contributed by atoms with Crippen molar-refractivity contribution in [1.29, 1.82) is 5.26 Å². The van der Waals surface area contributed by atoms with Gasteiger partial charge in [-0.1, -0.05) is 0 Å². The zero-order valence-electron chi connectivity index (χ0n) is 11.6. The minimum absolute atomic E-state index is 0.0115. The monoisotopic (exact) mass is 296 g/mol. The molecule has 0 spiro atoms. The molecule has 112 valence electrons. The Morgan fingerprint density at radius 1 is 1.33 bits per heavy atom. The van der Waals surface area contributed by atoms with Crippen LogP contribution < -0.4 is 4.90 Å². The summed E-state index contributed by atoms with van der Waals surface area (Å²) in [5, 5.41) is 8.94. The number of Topliss-reactive ketones (excluding diaryl/α,β-unsaturated/α-hetero) is 1. The molecule has 21 heavy (non-hydrogen) atoms. The van der Waals surface area contributed by atoms with E-state index in [0.29, 0.717) is 16.8 Å². The predicted molar refractivity (Wildman–Crippen MR) is 72.2 cm³/mol. The van der Waals surface area contributed by atoms with Gasteiger partial charge in [-0.3, -0.25) is 4.79 Å². The van der Waals surface area contributed by atoms with Gasteiger partial charge in [0, 0.05) is 24.3 Å². The van der Waals surface area contributed by atoms with Crippen LogP contribution in [0, 0.1) is 17.2 Å². The van der Waals surface area contributed by atoms with E-state index in [2.05, 4.69) is 0 Å². The van der Waals surface area contributed by atoms with Crippen LogP contribution in [0.4, 0.5) is 18.9 Å². The summed E-state index contributed by atoms with van der Waals surface area (Å²) in [6, 6.07) is 6.67. The standard InChI is InChI=1S/C15H15F3N2O/c1-10(21)13-3-2-11(9-19)8-14(13)20-6-4-12(5-7-20)15(16,17)18/h2-3,8,12H,4-7H2,1H3. The highest BCUT2D eigenvalue weighted by Gasteiger charge is 2.41. The lowest BCUT2D eigenvalue weighted by atomic mass is 9.94. The molecule has 0 N–H and O–H groups in total. The van der Waals surface area contributed by atoms with Gasteiger partial charge in [-0.25, -0.2) is 0 Å². The minimum atomic E-state index is -4.16. The van der Waals surface area contributed by atoms with E-state index in [1.54, 1.807) is 23.1 Å². The van der Waals surface area contributed by atoms with Crippen molar-refractivity contribution in [1.82, 2.24) is 0 Å². The Morgan fingerprint density at radius 2 is 1.95 bits per heavy atom. The molecule has 1 heterocycles. The summed E-state index contributed by atoms with van der Waals surface area (Å²) in [5.41, 5.74) is 1.40. The maximum atomic E-state index is 12.7. The van der Waals surface area contributed by atoms with Crippen LogP contribution in [0.2, 0.25) is 0 Å². The lowest BCUT2D eigenvalue weighted by molar-refractivity contribution is -0.179. The lowest BCUT2D eigenvalue weighted by Gasteiger charge is -2.35. The van der Waals surface area contributed by atoms with Crippen LogP contribution in [0.15, 0.2) is 18.2 Å². The maximum absolute atomic E-state index is 12.7. The van der Waals surface area contributed by atoms with Crippen LogP contribution in [-0.4, -0.2) is 25.0 Å². The second-order valence-electron chi connectivity index (χ2n) is 5.20. The first-order chi connectivity index (χ1) is 9.82. The molecular weight excluding hydrogens is 281 g/mol. The Balaban J connectivity index is 2.23. The Bertz CT molecular complexity index is 582. The average Bonchev–Trinajstić information content (AvgIpc) is 2.45. The summed E-state index contributed by atoms with van der Waals surface area (Å²) in [5.74, 6) is -1.44. The number of carbonyl (C=O) groups is 1. The van der Waals surface area contributed by atoms with Crippen LogP contribution in [0.1, 0.15) is 35.7 Å². The molecule has 0 aromatic heterocycles. The van der Waals surface area contributed by atoms with E-state index in [1.165, 1.54) is 6.92 Å². The number of hydrogen-bond acceptors (Lipinski definition) is 3. The molecule has 0 atom stereocenters. The van der Waals surface area contributed by atoms with E-state index < -0.39 is 12.1 Å². The number of carbonyl (C=O) groups excluding carboxylic acids is 1. The average molecular weight is 296 g/mol. The number of halogens is 3. The topological polar surface area (TPSA) is 44.1 Å². The van der Waals surface area contributed by atoms with Gasteiger partial charge in [-0.05, 0) is 38.0 Å². The molecule has 0 unspecified atom stereocenters. The summed E-state index contributed by atoms with van der Waals surface area (Å²) in [6.45, 7) is 1.88. The van der Waals surface area contributed by atoms with Crippen molar-refractivity contribution in [3.8, 4) is 6.07 Å². The second kappa shape index (κ2) is 5.76. The highest BCUT2D eigenvalue weighted by atomic mass is 19.4. The van der Waals surface area contributed by atoms with E-state index in [-0.39, 0.29) is 31.7 Å². The summed E-state index contributed by atoms with van der Waals surface area (Å²) in [6.07, 6.45) is -4.14. The van der Waals surface area contributed by atoms with Gasteiger partial charge in [0.25, 0.3) is 0 Å². The van der Waals surface area contributed by atoms with Crippen molar-refractivity contribution in [3.63, 3.8) is 0 Å². The summed E-state index contributed by atoms with van der Waals surface area (Å²) >= 11 is 0. The number of piperidine rings is 1. The number of nitrogens with zero attached hydrogens (tertiary/aromatic N) is 2. The predicted octanol–water partition coefficient (Wildman–Crippen LogP) is 3.54. The third-order valence-corrected chi connectivity index (χ3v) is 3.80. The summed E-state index contributed by atoms with van der Waals surface area (Å²) in [7, 11) is 0. The Labute approximate surface area is 121 Å². The number of ketones is 1. The Hall–Kier alpha value is -2.03. The van der Waals surface area contributed by atoms with Crippen molar-refractivity contribution < 1.29 is 18.0 Å². The molecule has 1 aromatic rings. The van der Waals surface area contributed by atoms with E-state index in [4.69, 9.17) is 5.26 Å². The number of anilines is 1. The number of rotatable bonds is 2. The fourth-order valence-corrected chi connectivity index (χ4v) is 2.61. The molecule has 6 heteroatoms. The Kier molecular flexibility index (Phi) is 4.21. The number of hydrogen-bond donors (Lipinski definition) is 0. The third-order valence-electron chi connectivity index (χ3n) is 3.80. The molecular formula is C15H15F3N2O. The van der Waals surface area contributed by atoms with Crippen LogP contribution >= 0.6 is 0 Å². The van der Waals surface area contributed by atoms with E-state index in [1.807, 2.05) is 6.07 Å². The van der Waals surface area contributed by atoms with Crippen LogP contribution in [0.5, 0.6) is 0 Å². The van der Waals surface area contributed by atoms with Crippen LogP contribution in [0.25, 0.3) is 0 Å². The van der Waals surface area contributed by atoms with Crippen molar-refractivity contribution in [3.05, 3.63) is 29.3 Å². The second-order valence-corrected chi connectivity index (χ2v) is 5.20. The third kappa shape index (κ3) is 3.35. The quantitative estimate of drug-likeness (QED) is 0.784. The first-order valence-corrected chi connectivity index (χ1v) is 6.69. The van der Waals surface area contributed by atoms with Crippen molar-refractivity contribution in [2.45, 2.75) is 25.9 Å². The van der Waals surface area contributed by atoms with Gasteiger partial charge in [0.15, 0.2) is 5.78 Å². The molecule has 1 fully saturated rings. The fourth-order valence-electron chi connectivity index (χ4n) is 2.61. The van der Waals surface area contributed by atoms with E-state index in [9.17, 15) is 18.0 Å². The molecule has 0 radical (unpaired) electrons. The largest absolute Gasteiger partial charge is 0.391 e. The Morgan fingerprint density at radius 3 is 2.43 bits per heavy atom. The van der Waals surface area contributed by atoms with E-state index in [0.717, 1.165) is 0 Å². The first-order valence-electron chi connectivity index (χ1n) is 6.69. The molecule has 1 aliphatic heterocycles. The zero-order valence-corrected chi connectivity index (χ0v) is 11.6. The molecule has 0 bridgehead atoms. The van der Waals surface area contributed by atoms with Gasteiger partial charge in [0.1, 0.15) is 0 Å². The van der Waals surface area contributed by atoms with Crippen LogP contribution in [-0.2, 0) is 0 Å². The number of benzene rings is 1. The molecule has 1 aliphatic rings. The van der Waals surface area contributed by atoms with Crippen molar-refractivity contribution in [2.24, 2.45) is 5.92 Å². The zero-order chi connectivity index (χ0) is 15.6. The van der Waals surface area contributed by atoms with Crippen molar-refractivity contribution in [2.75, 3.05) is 18.0 Å². The smallest absolute Gasteiger partial charge is 0.371 e. The summed E-state index contributed by atoms with van der Waals surface area (Å²) < 4.78 is 38.0. The summed E-state index contributed by atoms with van der Waals surface area (Å²) in [4.78, 5) is 13.4. The van der Waals surface area contributed by atoms with Gasteiger partial charge >= 0.3 is 6.18 Å². The normalized spacial score (nSPS) is 16.6.